The van der Waals surface area contributed by atoms with Crippen molar-refractivity contribution in [3.05, 3.63) is 46.7 Å². The first-order chi connectivity index (χ1) is 14.2. The molecule has 2 aromatic rings. The maximum absolute atomic E-state index is 13.0. The molecular weight excluding hydrogens is 422 g/mol. The van der Waals surface area contributed by atoms with Crippen molar-refractivity contribution in [3.63, 3.8) is 0 Å². The van der Waals surface area contributed by atoms with Gasteiger partial charge in [0.25, 0.3) is 0 Å². The maximum Gasteiger partial charge on any atom is 0.411 e. The molecule has 1 fully saturated rings. The molecule has 0 aliphatic carbocycles. The summed E-state index contributed by atoms with van der Waals surface area (Å²) in [5, 5.41) is 3.93. The lowest BCUT2D eigenvalue weighted by atomic mass is 10.2. The van der Waals surface area contributed by atoms with Crippen LogP contribution in [-0.4, -0.2) is 51.9 Å². The molecule has 2 aliphatic heterocycles. The van der Waals surface area contributed by atoms with E-state index in [1.165, 1.54) is 0 Å². The Morgan fingerprint density at radius 3 is 2.77 bits per heavy atom. The average molecular weight is 448 g/mol. The predicted molar refractivity (Wildman–Crippen MR) is 121 cm³/mol. The quantitative estimate of drug-likeness (QED) is 0.740. The number of carbonyl (C=O) groups excluding carboxylic acids is 1. The summed E-state index contributed by atoms with van der Waals surface area (Å²) >= 11 is 7.75. The van der Waals surface area contributed by atoms with Crippen LogP contribution in [0, 0.1) is 0 Å². The second-order valence-electron chi connectivity index (χ2n) is 8.55. The summed E-state index contributed by atoms with van der Waals surface area (Å²) < 4.78 is 5.71. The van der Waals surface area contributed by atoms with E-state index in [-0.39, 0.29) is 17.5 Å². The Kier molecular flexibility index (Phi) is 5.72. The number of fused-ring (bicyclic) bond motifs is 4. The second kappa shape index (κ2) is 8.15. The molecule has 3 heterocycles. The second-order valence-corrected chi connectivity index (χ2v) is 10.1. The Hall–Kier alpha value is -2.19. The third kappa shape index (κ3) is 4.30. The van der Waals surface area contributed by atoms with Crippen LogP contribution in [0.1, 0.15) is 37.3 Å². The first-order valence-electron chi connectivity index (χ1n) is 9.90. The van der Waals surface area contributed by atoms with Crippen molar-refractivity contribution >= 4 is 41.1 Å². The number of ether oxygens (including phenoxy) is 1. The summed E-state index contributed by atoms with van der Waals surface area (Å²) in [6, 6.07) is 7.82. The Morgan fingerprint density at radius 1 is 1.33 bits per heavy atom. The van der Waals surface area contributed by atoms with Crippen molar-refractivity contribution in [3.8, 4) is 0 Å². The van der Waals surface area contributed by atoms with E-state index in [1.807, 2.05) is 57.0 Å². The van der Waals surface area contributed by atoms with Gasteiger partial charge in [-0.15, -0.1) is 11.8 Å². The minimum atomic E-state index is -0.550. The van der Waals surface area contributed by atoms with E-state index in [2.05, 4.69) is 20.2 Å². The minimum absolute atomic E-state index is 0.0403. The number of amides is 1. The van der Waals surface area contributed by atoms with Crippen LogP contribution in [0.2, 0.25) is 5.02 Å². The van der Waals surface area contributed by atoms with Crippen LogP contribution in [0.25, 0.3) is 0 Å². The van der Waals surface area contributed by atoms with Crippen molar-refractivity contribution in [2.75, 3.05) is 29.6 Å². The number of benzene rings is 1. The van der Waals surface area contributed by atoms with Gasteiger partial charge in [-0.25, -0.2) is 14.8 Å². The van der Waals surface area contributed by atoms with Crippen LogP contribution in [0.15, 0.2) is 30.6 Å². The lowest BCUT2D eigenvalue weighted by Gasteiger charge is -2.31. The van der Waals surface area contributed by atoms with Crippen molar-refractivity contribution in [1.29, 1.82) is 0 Å². The molecule has 0 radical (unpaired) electrons. The van der Waals surface area contributed by atoms with Crippen LogP contribution in [-0.2, 0) is 11.3 Å². The number of thioether (sulfide) groups is 1. The Balaban J connectivity index is 1.67. The number of anilines is 2. The molecule has 160 valence electrons. The van der Waals surface area contributed by atoms with E-state index in [9.17, 15) is 4.79 Å². The monoisotopic (exact) mass is 447 g/mol. The fourth-order valence-electron chi connectivity index (χ4n) is 3.71. The first-order valence-corrected chi connectivity index (χ1v) is 11.3. The summed E-state index contributed by atoms with van der Waals surface area (Å²) in [5.41, 5.74) is 1.49. The van der Waals surface area contributed by atoms with E-state index in [0.29, 0.717) is 18.1 Å². The lowest BCUT2D eigenvalue weighted by molar-refractivity contribution is 0.0188. The van der Waals surface area contributed by atoms with Crippen LogP contribution in [0.3, 0.4) is 0 Å². The van der Waals surface area contributed by atoms with E-state index in [0.717, 1.165) is 28.5 Å². The highest BCUT2D eigenvalue weighted by atomic mass is 35.5. The number of rotatable bonds is 3. The van der Waals surface area contributed by atoms with Crippen LogP contribution < -0.4 is 10.2 Å². The Labute approximate surface area is 186 Å². The molecule has 4 rings (SSSR count). The molecule has 2 bridgehead atoms. The number of halogens is 1. The fraction of sp³-hybridized carbons (Fsp3) is 0.476. The SMILES string of the molecule is CN(Cc1ccc(Cl)cc1)c1ncnc2c1C1SC[C@H](CN2)N1C(=O)OC(C)(C)C. The van der Waals surface area contributed by atoms with Gasteiger partial charge in [-0.05, 0) is 38.5 Å². The van der Waals surface area contributed by atoms with Gasteiger partial charge in [0, 0.05) is 30.9 Å². The fourth-order valence-corrected chi connectivity index (χ4v) is 5.32. The molecule has 1 amide bonds. The van der Waals surface area contributed by atoms with Gasteiger partial charge in [-0.2, -0.15) is 0 Å². The Morgan fingerprint density at radius 2 is 2.07 bits per heavy atom. The molecule has 1 aromatic heterocycles. The standard InChI is InChI=1S/C21H26ClN5O2S/c1-21(2,3)29-20(28)27-15-9-23-17-16(19(27)30-11-15)18(25-12-24-17)26(4)10-13-5-7-14(22)8-6-13/h5-8,12,15,19H,9-11H2,1-4H3,(H,23,24,25)/t15-,19?/m0/s1. The van der Waals surface area contributed by atoms with Gasteiger partial charge in [0.1, 0.15) is 28.9 Å². The average Bonchev–Trinajstić information content (AvgIpc) is 3.01. The zero-order valence-corrected chi connectivity index (χ0v) is 19.1. The van der Waals surface area contributed by atoms with E-state index >= 15 is 0 Å². The van der Waals surface area contributed by atoms with Gasteiger partial charge in [0.15, 0.2) is 0 Å². The van der Waals surface area contributed by atoms with Crippen LogP contribution in [0.5, 0.6) is 0 Å². The zero-order valence-electron chi connectivity index (χ0n) is 17.6. The highest BCUT2D eigenvalue weighted by Gasteiger charge is 2.45. The number of hydrogen-bond donors (Lipinski definition) is 1. The predicted octanol–water partition coefficient (Wildman–Crippen LogP) is 4.54. The highest BCUT2D eigenvalue weighted by Crippen LogP contribution is 2.48. The number of nitrogens with one attached hydrogen (secondary N) is 1. The molecule has 2 atom stereocenters. The number of carbonyl (C=O) groups is 1. The largest absolute Gasteiger partial charge is 0.444 e. The van der Waals surface area contributed by atoms with E-state index in [4.69, 9.17) is 16.3 Å². The number of nitrogens with zero attached hydrogens (tertiary/aromatic N) is 4. The van der Waals surface area contributed by atoms with Crippen molar-refractivity contribution in [1.82, 2.24) is 14.9 Å². The van der Waals surface area contributed by atoms with E-state index in [1.54, 1.807) is 18.1 Å². The summed E-state index contributed by atoms with van der Waals surface area (Å²) in [7, 11) is 2.00. The summed E-state index contributed by atoms with van der Waals surface area (Å²) in [6.45, 7) is 6.95. The molecule has 2 aliphatic rings. The summed E-state index contributed by atoms with van der Waals surface area (Å²) in [4.78, 5) is 26.0. The summed E-state index contributed by atoms with van der Waals surface area (Å²) in [5.74, 6) is 2.42. The summed E-state index contributed by atoms with van der Waals surface area (Å²) in [6.07, 6.45) is 1.27. The molecule has 9 heteroatoms. The van der Waals surface area contributed by atoms with Gasteiger partial charge in [-0.1, -0.05) is 23.7 Å². The highest BCUT2D eigenvalue weighted by molar-refractivity contribution is 7.99. The first kappa shape index (κ1) is 21.1. The lowest BCUT2D eigenvalue weighted by Crippen LogP contribution is -2.43. The zero-order chi connectivity index (χ0) is 21.5. The van der Waals surface area contributed by atoms with Crippen molar-refractivity contribution in [2.24, 2.45) is 0 Å². The molecule has 0 spiro atoms. The van der Waals surface area contributed by atoms with Crippen LogP contribution >= 0.6 is 23.4 Å². The molecule has 30 heavy (non-hydrogen) atoms. The third-order valence-electron chi connectivity index (χ3n) is 5.01. The number of aromatic nitrogens is 2. The minimum Gasteiger partial charge on any atom is -0.444 e. The van der Waals surface area contributed by atoms with Crippen molar-refractivity contribution in [2.45, 2.75) is 44.3 Å². The molecule has 1 saturated heterocycles. The smallest absolute Gasteiger partial charge is 0.411 e. The molecule has 1 aromatic carbocycles. The van der Waals surface area contributed by atoms with Gasteiger partial charge in [0.05, 0.1) is 11.6 Å². The molecule has 1 unspecified atom stereocenters. The Bertz CT molecular complexity index is 934. The number of hydrogen-bond acceptors (Lipinski definition) is 7. The van der Waals surface area contributed by atoms with Crippen LogP contribution in [0.4, 0.5) is 16.4 Å². The van der Waals surface area contributed by atoms with Gasteiger partial charge >= 0.3 is 6.09 Å². The molecule has 7 nitrogen and oxygen atoms in total. The normalized spacial score (nSPS) is 20.2. The van der Waals surface area contributed by atoms with Gasteiger partial charge < -0.3 is 15.0 Å². The van der Waals surface area contributed by atoms with E-state index < -0.39 is 5.60 Å². The van der Waals surface area contributed by atoms with Gasteiger partial charge in [-0.3, -0.25) is 4.90 Å². The topological polar surface area (TPSA) is 70.6 Å². The molecular formula is C21H26ClN5O2S. The van der Waals surface area contributed by atoms with Crippen molar-refractivity contribution < 1.29 is 9.53 Å². The molecule has 0 saturated carbocycles. The maximum atomic E-state index is 13.0. The molecule has 1 N–H and O–H groups in total. The third-order valence-corrected chi connectivity index (χ3v) is 6.61. The van der Waals surface area contributed by atoms with Gasteiger partial charge in [0.2, 0.25) is 0 Å².